The van der Waals surface area contributed by atoms with Gasteiger partial charge in [0, 0.05) is 42.2 Å². The number of hydrogen-bond acceptors (Lipinski definition) is 6. The number of ether oxygens (including phenoxy) is 2. The summed E-state index contributed by atoms with van der Waals surface area (Å²) in [6, 6.07) is 7.07. The third-order valence-corrected chi connectivity index (χ3v) is 8.10. The van der Waals surface area contributed by atoms with Crippen LogP contribution in [0.5, 0.6) is 5.75 Å². The second-order valence-electron chi connectivity index (χ2n) is 12.7. The van der Waals surface area contributed by atoms with Gasteiger partial charge in [-0.1, -0.05) is 39.3 Å². The Morgan fingerprint density at radius 1 is 1.15 bits per heavy atom. The van der Waals surface area contributed by atoms with E-state index in [4.69, 9.17) is 26.3 Å². The summed E-state index contributed by atoms with van der Waals surface area (Å²) in [6.07, 6.45) is 4.38. The molecular formula is C29H38ClN5O4. The van der Waals surface area contributed by atoms with E-state index in [2.05, 4.69) is 44.2 Å². The van der Waals surface area contributed by atoms with E-state index < -0.39 is 5.60 Å². The number of benzene rings is 1. The standard InChI is InChI=1S/C29H38ClN5O4/c1-27(2,3)39-26(37)34-12-10-20(11-13-34)35-17-19(16-32-35)23(36)33-24-28(4,5)25(29(24,6)7)38-21-9-8-18(15-31)22(30)14-21/h8-9,14,16-17,20,24-25H,10-13H2,1-7H3,(H,33,36)/t24-,25-. The molecule has 1 aliphatic carbocycles. The van der Waals surface area contributed by atoms with Crippen molar-refractivity contribution in [3.8, 4) is 11.8 Å². The van der Waals surface area contributed by atoms with Gasteiger partial charge in [-0.3, -0.25) is 9.48 Å². The van der Waals surface area contributed by atoms with Gasteiger partial charge in [-0.2, -0.15) is 10.4 Å². The van der Waals surface area contributed by atoms with E-state index >= 15 is 0 Å². The molecule has 2 aliphatic rings. The van der Waals surface area contributed by atoms with E-state index in [-0.39, 0.29) is 41.0 Å². The Hall–Kier alpha value is -3.25. The van der Waals surface area contributed by atoms with Crippen LogP contribution in [0, 0.1) is 22.2 Å². The number of amides is 2. The Balaban J connectivity index is 1.36. The molecular weight excluding hydrogens is 518 g/mol. The van der Waals surface area contributed by atoms with Crippen molar-refractivity contribution in [3.05, 3.63) is 46.7 Å². The number of carbonyl (C=O) groups is 2. The zero-order valence-electron chi connectivity index (χ0n) is 23.7. The van der Waals surface area contributed by atoms with Crippen molar-refractivity contribution in [2.75, 3.05) is 13.1 Å². The lowest BCUT2D eigenvalue weighted by atomic mass is 9.49. The maximum absolute atomic E-state index is 13.3. The quantitative estimate of drug-likeness (QED) is 0.515. The first-order valence-electron chi connectivity index (χ1n) is 13.3. The molecule has 0 radical (unpaired) electrons. The molecule has 1 saturated heterocycles. The van der Waals surface area contributed by atoms with Gasteiger partial charge in [0.25, 0.3) is 5.91 Å². The van der Waals surface area contributed by atoms with Crippen LogP contribution >= 0.6 is 11.6 Å². The minimum Gasteiger partial charge on any atom is -0.489 e. The highest BCUT2D eigenvalue weighted by Gasteiger charge is 2.64. The summed E-state index contributed by atoms with van der Waals surface area (Å²) in [5.74, 6) is 0.410. The van der Waals surface area contributed by atoms with Crippen molar-refractivity contribution in [1.82, 2.24) is 20.0 Å². The first kappa shape index (κ1) is 28.8. The van der Waals surface area contributed by atoms with Gasteiger partial charge in [-0.15, -0.1) is 0 Å². The summed E-state index contributed by atoms with van der Waals surface area (Å²) in [5, 5.41) is 17.2. The Bertz CT molecular complexity index is 1270. The molecule has 39 heavy (non-hydrogen) atoms. The molecule has 0 atom stereocenters. The summed E-state index contributed by atoms with van der Waals surface area (Å²) in [5.41, 5.74) is -0.339. The highest BCUT2D eigenvalue weighted by atomic mass is 35.5. The largest absolute Gasteiger partial charge is 0.489 e. The van der Waals surface area contributed by atoms with Crippen LogP contribution in [0.3, 0.4) is 0 Å². The number of likely N-dealkylation sites (tertiary alicyclic amines) is 1. The fourth-order valence-electron chi connectivity index (χ4n) is 6.10. The number of hydrogen-bond donors (Lipinski definition) is 1. The first-order chi connectivity index (χ1) is 18.1. The molecule has 0 bridgehead atoms. The number of nitrogens with zero attached hydrogens (tertiary/aromatic N) is 4. The summed E-state index contributed by atoms with van der Waals surface area (Å²) in [7, 11) is 0. The van der Waals surface area contributed by atoms with Crippen LogP contribution in [0.15, 0.2) is 30.6 Å². The van der Waals surface area contributed by atoms with E-state index in [1.807, 2.05) is 25.5 Å². The fourth-order valence-corrected chi connectivity index (χ4v) is 6.32. The second kappa shape index (κ2) is 10.4. The van der Waals surface area contributed by atoms with Gasteiger partial charge in [0.1, 0.15) is 23.5 Å². The van der Waals surface area contributed by atoms with Crippen molar-refractivity contribution >= 4 is 23.6 Å². The number of halogens is 1. The zero-order valence-corrected chi connectivity index (χ0v) is 24.5. The molecule has 2 heterocycles. The monoisotopic (exact) mass is 555 g/mol. The van der Waals surface area contributed by atoms with E-state index in [0.29, 0.717) is 35.0 Å². The van der Waals surface area contributed by atoms with Crippen LogP contribution in [-0.4, -0.2) is 57.5 Å². The highest BCUT2D eigenvalue weighted by Crippen LogP contribution is 2.55. The van der Waals surface area contributed by atoms with Gasteiger partial charge < -0.3 is 19.7 Å². The average Bonchev–Trinajstić information content (AvgIpc) is 3.35. The number of carbonyl (C=O) groups excluding carboxylic acids is 2. The molecule has 1 aromatic heterocycles. The maximum atomic E-state index is 13.3. The molecule has 2 amide bonds. The summed E-state index contributed by atoms with van der Waals surface area (Å²) < 4.78 is 13.6. The Kier molecular flexibility index (Phi) is 7.65. The number of aromatic nitrogens is 2. The highest BCUT2D eigenvalue weighted by molar-refractivity contribution is 6.31. The lowest BCUT2D eigenvalue weighted by Crippen LogP contribution is -2.74. The smallest absolute Gasteiger partial charge is 0.410 e. The van der Waals surface area contributed by atoms with Gasteiger partial charge in [0.2, 0.25) is 0 Å². The summed E-state index contributed by atoms with van der Waals surface area (Å²) in [6.45, 7) is 15.0. The Morgan fingerprint density at radius 3 is 2.36 bits per heavy atom. The maximum Gasteiger partial charge on any atom is 0.410 e. The van der Waals surface area contributed by atoms with Crippen molar-refractivity contribution in [2.24, 2.45) is 10.8 Å². The normalized spacial score (nSPS) is 22.4. The van der Waals surface area contributed by atoms with Crippen molar-refractivity contribution < 1.29 is 19.1 Å². The molecule has 2 fully saturated rings. The summed E-state index contributed by atoms with van der Waals surface area (Å²) in [4.78, 5) is 27.3. The molecule has 1 saturated carbocycles. The molecule has 1 N–H and O–H groups in total. The molecule has 210 valence electrons. The molecule has 1 aromatic carbocycles. The van der Waals surface area contributed by atoms with Gasteiger partial charge in [-0.25, -0.2) is 4.79 Å². The SMILES string of the molecule is CC(C)(C)OC(=O)N1CCC(n2cc(C(=O)N[C@H]3C(C)(C)[C@H](Oc4ccc(C#N)c(Cl)c4)C3(C)C)cn2)CC1. The number of nitrogens with one attached hydrogen (secondary N) is 1. The van der Waals surface area contributed by atoms with Crippen molar-refractivity contribution in [3.63, 3.8) is 0 Å². The minimum atomic E-state index is -0.523. The topological polar surface area (TPSA) is 109 Å². The number of piperidine rings is 1. The molecule has 10 heteroatoms. The third kappa shape index (κ3) is 5.86. The molecule has 9 nitrogen and oxygen atoms in total. The van der Waals surface area contributed by atoms with Crippen LogP contribution < -0.4 is 10.1 Å². The van der Waals surface area contributed by atoms with Crippen molar-refractivity contribution in [2.45, 2.75) is 85.1 Å². The fraction of sp³-hybridized carbons (Fsp3) is 0.586. The first-order valence-corrected chi connectivity index (χ1v) is 13.7. The molecule has 4 rings (SSSR count). The molecule has 0 unspecified atom stereocenters. The van der Waals surface area contributed by atoms with Crippen LogP contribution in [0.25, 0.3) is 0 Å². The van der Waals surface area contributed by atoms with E-state index in [1.54, 1.807) is 35.5 Å². The number of rotatable bonds is 5. The van der Waals surface area contributed by atoms with Crippen LogP contribution in [0.4, 0.5) is 4.79 Å². The van der Waals surface area contributed by atoms with Crippen LogP contribution in [-0.2, 0) is 4.74 Å². The summed E-state index contributed by atoms with van der Waals surface area (Å²) >= 11 is 6.19. The van der Waals surface area contributed by atoms with Crippen LogP contribution in [0.2, 0.25) is 5.02 Å². The Morgan fingerprint density at radius 2 is 1.79 bits per heavy atom. The lowest BCUT2D eigenvalue weighted by molar-refractivity contribution is -0.164. The van der Waals surface area contributed by atoms with E-state index in [0.717, 1.165) is 12.8 Å². The Labute approximate surface area is 235 Å². The van der Waals surface area contributed by atoms with E-state index in [9.17, 15) is 9.59 Å². The molecule has 1 aliphatic heterocycles. The lowest BCUT2D eigenvalue weighted by Gasteiger charge is -2.63. The minimum absolute atomic E-state index is 0.110. The molecule has 0 spiro atoms. The van der Waals surface area contributed by atoms with Gasteiger partial charge in [-0.05, 0) is 45.7 Å². The van der Waals surface area contributed by atoms with Gasteiger partial charge in [0.15, 0.2) is 0 Å². The zero-order chi connectivity index (χ0) is 28.8. The molecule has 2 aromatic rings. The average molecular weight is 556 g/mol. The van der Waals surface area contributed by atoms with Crippen LogP contribution in [0.1, 0.15) is 83.3 Å². The van der Waals surface area contributed by atoms with E-state index in [1.165, 1.54) is 0 Å². The predicted molar refractivity (Wildman–Crippen MR) is 148 cm³/mol. The number of nitriles is 1. The predicted octanol–water partition coefficient (Wildman–Crippen LogP) is 5.59. The van der Waals surface area contributed by atoms with Crippen molar-refractivity contribution in [1.29, 1.82) is 5.26 Å². The third-order valence-electron chi connectivity index (χ3n) is 7.78. The van der Waals surface area contributed by atoms with Gasteiger partial charge >= 0.3 is 6.09 Å². The van der Waals surface area contributed by atoms with Gasteiger partial charge in [0.05, 0.1) is 28.4 Å². The second-order valence-corrected chi connectivity index (χ2v) is 13.1.